The zero-order valence-corrected chi connectivity index (χ0v) is 26.2. The Morgan fingerprint density at radius 3 is 2.52 bits per heavy atom. The van der Waals surface area contributed by atoms with Gasteiger partial charge in [0, 0.05) is 23.9 Å². The van der Waals surface area contributed by atoms with Crippen molar-refractivity contribution < 1.29 is 0 Å². The van der Waals surface area contributed by atoms with Crippen LogP contribution in [0, 0.1) is 18.8 Å². The molecule has 0 saturated carbocycles. The molecule has 0 saturated heterocycles. The molecule has 0 heterocycles. The van der Waals surface area contributed by atoms with Crippen molar-refractivity contribution in [2.45, 2.75) is 92.4 Å². The molecular weight excluding hydrogens is 482 g/mol. The molecule has 0 aliphatic heterocycles. The Labute approximate surface area is 247 Å². The molecule has 0 radical (unpaired) electrons. The monoisotopic (exact) mass is 537 g/mol. The fraction of sp³-hybridized carbons (Fsp3) is 0.436. The summed E-state index contributed by atoms with van der Waals surface area (Å²) in [6.07, 6.45) is 30.5. The van der Waals surface area contributed by atoms with Gasteiger partial charge in [0.1, 0.15) is 0 Å². The first-order valence-corrected chi connectivity index (χ1v) is 15.6. The first kappa shape index (κ1) is 33.1. The average molecular weight is 538 g/mol. The summed E-state index contributed by atoms with van der Waals surface area (Å²) < 4.78 is 0. The maximum Gasteiger partial charge on any atom is 0.0411 e. The maximum atomic E-state index is 4.63. The van der Waals surface area contributed by atoms with Gasteiger partial charge in [-0.2, -0.15) is 0 Å². The predicted molar refractivity (Wildman–Crippen MR) is 180 cm³/mol. The van der Waals surface area contributed by atoms with E-state index in [9.17, 15) is 0 Å². The van der Waals surface area contributed by atoms with Crippen LogP contribution in [0.15, 0.2) is 109 Å². The molecule has 0 fully saturated rings. The summed E-state index contributed by atoms with van der Waals surface area (Å²) in [7, 11) is 0. The number of benzene rings is 1. The lowest BCUT2D eigenvalue weighted by Crippen LogP contribution is -2.23. The molecule has 2 rings (SSSR count). The molecule has 1 aromatic carbocycles. The van der Waals surface area contributed by atoms with Crippen LogP contribution in [0.5, 0.6) is 0 Å². The lowest BCUT2D eigenvalue weighted by atomic mass is 9.89. The van der Waals surface area contributed by atoms with Crippen LogP contribution >= 0.6 is 0 Å². The molecule has 0 spiro atoms. The summed E-state index contributed by atoms with van der Waals surface area (Å²) in [5.41, 5.74) is 9.14. The predicted octanol–water partition coefficient (Wildman–Crippen LogP) is 11.5. The second-order valence-electron chi connectivity index (χ2n) is 11.4. The zero-order chi connectivity index (χ0) is 29.3. The van der Waals surface area contributed by atoms with Gasteiger partial charge in [0.05, 0.1) is 0 Å². The van der Waals surface area contributed by atoms with Gasteiger partial charge in [-0.1, -0.05) is 120 Å². The summed E-state index contributed by atoms with van der Waals surface area (Å²) in [6, 6.07) is 6.88. The van der Waals surface area contributed by atoms with E-state index in [4.69, 9.17) is 0 Å². The van der Waals surface area contributed by atoms with Crippen LogP contribution < -0.4 is 0 Å². The number of aryl methyl sites for hydroxylation is 2. The Morgan fingerprint density at radius 1 is 1.10 bits per heavy atom. The van der Waals surface area contributed by atoms with Gasteiger partial charge in [0.2, 0.25) is 0 Å². The van der Waals surface area contributed by atoms with E-state index < -0.39 is 0 Å². The molecule has 216 valence electrons. The fourth-order valence-electron chi connectivity index (χ4n) is 5.23. The van der Waals surface area contributed by atoms with Crippen molar-refractivity contribution in [1.29, 1.82) is 0 Å². The van der Waals surface area contributed by atoms with Crippen LogP contribution in [0.1, 0.15) is 95.8 Å². The van der Waals surface area contributed by atoms with E-state index in [1.54, 1.807) is 0 Å². The van der Waals surface area contributed by atoms with Gasteiger partial charge >= 0.3 is 0 Å². The lowest BCUT2D eigenvalue weighted by molar-refractivity contribution is 0.462. The van der Waals surface area contributed by atoms with Crippen molar-refractivity contribution in [1.82, 2.24) is 4.90 Å². The van der Waals surface area contributed by atoms with Crippen LogP contribution in [0.3, 0.4) is 0 Å². The number of allylic oxidation sites excluding steroid dienone is 11. The second kappa shape index (κ2) is 18.3. The number of rotatable bonds is 18. The van der Waals surface area contributed by atoms with Crippen LogP contribution in [-0.4, -0.2) is 11.4 Å². The number of hydrogen-bond donors (Lipinski definition) is 0. The van der Waals surface area contributed by atoms with Crippen molar-refractivity contribution in [2.75, 3.05) is 6.54 Å². The molecule has 1 aliphatic rings. The Bertz CT molecular complexity index is 1120. The largest absolute Gasteiger partial charge is 0.342 e. The number of unbranched alkanes of at least 4 members (excludes halogenated alkanes) is 3. The van der Waals surface area contributed by atoms with Gasteiger partial charge in [-0.05, 0) is 92.7 Å². The zero-order valence-electron chi connectivity index (χ0n) is 26.2. The molecule has 1 nitrogen and oxygen atoms in total. The van der Waals surface area contributed by atoms with E-state index >= 15 is 0 Å². The minimum absolute atomic E-state index is 0.387. The fourth-order valence-corrected chi connectivity index (χ4v) is 5.23. The quantitative estimate of drug-likeness (QED) is 0.102. The van der Waals surface area contributed by atoms with E-state index in [1.807, 2.05) is 12.2 Å². The highest BCUT2D eigenvalue weighted by Crippen LogP contribution is 2.31. The molecule has 2 unspecified atom stereocenters. The molecule has 0 bridgehead atoms. The van der Waals surface area contributed by atoms with Gasteiger partial charge in [-0.25, -0.2) is 0 Å². The third kappa shape index (κ3) is 11.2. The van der Waals surface area contributed by atoms with E-state index in [0.29, 0.717) is 11.8 Å². The first-order chi connectivity index (χ1) is 19.3. The van der Waals surface area contributed by atoms with Crippen molar-refractivity contribution in [2.24, 2.45) is 11.8 Å². The molecular formula is C39H55N. The van der Waals surface area contributed by atoms with Crippen molar-refractivity contribution >= 4 is 5.70 Å². The summed E-state index contributed by atoms with van der Waals surface area (Å²) in [4.78, 5) is 2.47. The van der Waals surface area contributed by atoms with Crippen molar-refractivity contribution in [3.05, 3.63) is 126 Å². The van der Waals surface area contributed by atoms with E-state index in [-0.39, 0.29) is 0 Å². The number of nitrogens with zero attached hydrogens (tertiary/aromatic N) is 1. The Kier molecular flexibility index (Phi) is 15.2. The second-order valence-corrected chi connectivity index (χ2v) is 11.4. The van der Waals surface area contributed by atoms with E-state index in [2.05, 4.69) is 120 Å². The molecule has 0 N–H and O–H groups in total. The van der Waals surface area contributed by atoms with Gasteiger partial charge < -0.3 is 4.90 Å². The third-order valence-electron chi connectivity index (χ3n) is 7.67. The minimum Gasteiger partial charge on any atom is -0.342 e. The maximum absolute atomic E-state index is 4.63. The molecule has 40 heavy (non-hydrogen) atoms. The molecule has 0 amide bonds. The summed E-state index contributed by atoms with van der Waals surface area (Å²) in [5.74, 6) is 0.793. The first-order valence-electron chi connectivity index (χ1n) is 15.6. The molecule has 0 aromatic heterocycles. The van der Waals surface area contributed by atoms with Gasteiger partial charge in [-0.15, -0.1) is 6.58 Å². The van der Waals surface area contributed by atoms with Crippen molar-refractivity contribution in [3.8, 4) is 0 Å². The Morgan fingerprint density at radius 2 is 1.88 bits per heavy atom. The smallest absolute Gasteiger partial charge is 0.0411 e. The van der Waals surface area contributed by atoms with Crippen LogP contribution in [-0.2, 0) is 6.42 Å². The van der Waals surface area contributed by atoms with Crippen LogP contribution in [0.4, 0.5) is 0 Å². The summed E-state index contributed by atoms with van der Waals surface area (Å²) >= 11 is 0. The highest BCUT2D eigenvalue weighted by Gasteiger charge is 2.19. The van der Waals surface area contributed by atoms with Gasteiger partial charge in [0.15, 0.2) is 0 Å². The Hall–Kier alpha value is -3.06. The molecule has 2 atom stereocenters. The van der Waals surface area contributed by atoms with Crippen LogP contribution in [0.25, 0.3) is 5.70 Å². The van der Waals surface area contributed by atoms with Crippen LogP contribution in [0.2, 0.25) is 0 Å². The third-order valence-corrected chi connectivity index (χ3v) is 7.67. The molecule has 1 heteroatoms. The minimum atomic E-state index is 0.387. The Balaban J connectivity index is 2.22. The highest BCUT2D eigenvalue weighted by atomic mass is 15.1. The topological polar surface area (TPSA) is 3.24 Å². The summed E-state index contributed by atoms with van der Waals surface area (Å²) in [5, 5.41) is 0. The van der Waals surface area contributed by atoms with Gasteiger partial charge in [0.25, 0.3) is 0 Å². The van der Waals surface area contributed by atoms with E-state index in [1.165, 1.54) is 52.8 Å². The van der Waals surface area contributed by atoms with Gasteiger partial charge in [-0.3, -0.25) is 0 Å². The average Bonchev–Trinajstić information content (AvgIpc) is 2.94. The van der Waals surface area contributed by atoms with Crippen molar-refractivity contribution in [3.63, 3.8) is 0 Å². The van der Waals surface area contributed by atoms with E-state index in [0.717, 1.165) is 50.8 Å². The standard InChI is InChI=1S/C39H55N/c1-9-12-20-32(6)21-23-35(17-10-2)36-25-27-39(28-26-36)40(29-16-14-13-15-19-31(4)5)34(8)38-24-22-33(7)37(30-38)18-11-3/h9,12,17,20-25,27-28,30,32,36H,1,4,8,10-11,13-16,18-19,26,29H2,2-3,5-7H3/b20-12-,23-21-,35-17+. The molecule has 1 aromatic rings. The SMILES string of the molecule is C=C/C=C\C(C)/C=C\C(=C/CC)C1C=CC(N(CCCCCCC(=C)C)C(=C)c2ccc(C)c(CCC)c2)=CC1. The lowest BCUT2D eigenvalue weighted by Gasteiger charge is -2.31. The normalized spacial score (nSPS) is 16.4. The molecule has 1 aliphatic carbocycles. The summed E-state index contributed by atoms with van der Waals surface area (Å²) in [6.45, 7) is 24.5. The number of hydrogen-bond acceptors (Lipinski definition) is 1. The highest BCUT2D eigenvalue weighted by molar-refractivity contribution is 5.65.